The number of nitrogens with zero attached hydrogens (tertiary/aromatic N) is 3. The Morgan fingerprint density at radius 2 is 2.05 bits per heavy atom. The van der Waals surface area contributed by atoms with Gasteiger partial charge < -0.3 is 5.11 Å². The molecule has 1 aromatic heterocycles. The molecule has 0 unspecified atom stereocenters. The van der Waals surface area contributed by atoms with E-state index >= 15 is 0 Å². The number of carboxylic acids is 1. The molecule has 2 rings (SSSR count). The van der Waals surface area contributed by atoms with Crippen LogP contribution in [0.25, 0.3) is 0 Å². The molecule has 1 aliphatic heterocycles. The first kappa shape index (κ1) is 14.0. The summed E-state index contributed by atoms with van der Waals surface area (Å²) in [5, 5.41) is 14.0. The number of carboxylic acid groups (broad SMARTS) is 1. The van der Waals surface area contributed by atoms with Crippen molar-refractivity contribution >= 4 is 16.0 Å². The highest BCUT2D eigenvalue weighted by atomic mass is 32.2. The van der Waals surface area contributed by atoms with Crippen LogP contribution in [-0.2, 0) is 21.4 Å². The smallest absolute Gasteiger partial charge is 0.325 e. The van der Waals surface area contributed by atoms with Crippen molar-refractivity contribution in [2.45, 2.75) is 30.7 Å². The van der Waals surface area contributed by atoms with Crippen molar-refractivity contribution in [3.8, 4) is 0 Å². The zero-order valence-electron chi connectivity index (χ0n) is 10.3. The van der Waals surface area contributed by atoms with Gasteiger partial charge in [-0.1, -0.05) is 6.42 Å². The van der Waals surface area contributed by atoms with Crippen molar-refractivity contribution in [3.63, 3.8) is 0 Å². The summed E-state index contributed by atoms with van der Waals surface area (Å²) in [5.41, 5.74) is 0. The van der Waals surface area contributed by atoms with Crippen molar-refractivity contribution < 1.29 is 18.3 Å². The second kappa shape index (κ2) is 5.68. The molecular formula is C10H16N4O4S. The molecule has 8 nitrogen and oxygen atoms in total. The van der Waals surface area contributed by atoms with Gasteiger partial charge in [0.25, 0.3) is 10.0 Å². The van der Waals surface area contributed by atoms with E-state index < -0.39 is 16.0 Å². The highest BCUT2D eigenvalue weighted by molar-refractivity contribution is 7.89. The van der Waals surface area contributed by atoms with Gasteiger partial charge in [0.2, 0.25) is 0 Å². The molecule has 1 fully saturated rings. The van der Waals surface area contributed by atoms with E-state index in [1.165, 1.54) is 6.20 Å². The SMILES string of the molecule is O=C(O)Cn1cc(S(=O)(=O)NN2CCCCC2)cn1. The van der Waals surface area contributed by atoms with Crippen LogP contribution in [0, 0.1) is 0 Å². The van der Waals surface area contributed by atoms with Crippen molar-refractivity contribution in [2.24, 2.45) is 0 Å². The number of carbonyl (C=O) groups is 1. The predicted molar refractivity (Wildman–Crippen MR) is 65.6 cm³/mol. The predicted octanol–water partition coefficient (Wildman–Crippen LogP) is -0.353. The van der Waals surface area contributed by atoms with Crippen LogP contribution in [0.4, 0.5) is 0 Å². The van der Waals surface area contributed by atoms with Crippen molar-refractivity contribution in [1.29, 1.82) is 0 Å². The third-order valence-corrected chi connectivity index (χ3v) is 4.15. The molecule has 0 amide bonds. The number of hydrogen-bond donors (Lipinski definition) is 2. The number of sulfonamides is 1. The Morgan fingerprint density at radius 1 is 1.37 bits per heavy atom. The Kier molecular flexibility index (Phi) is 4.17. The first-order chi connectivity index (χ1) is 8.97. The van der Waals surface area contributed by atoms with Gasteiger partial charge in [0.1, 0.15) is 11.4 Å². The zero-order chi connectivity index (χ0) is 13.9. The second-order valence-corrected chi connectivity index (χ2v) is 6.07. The molecule has 1 saturated heterocycles. The molecule has 0 radical (unpaired) electrons. The van der Waals surface area contributed by atoms with Crippen LogP contribution >= 0.6 is 0 Å². The number of hydrogen-bond acceptors (Lipinski definition) is 5. The van der Waals surface area contributed by atoms with Gasteiger partial charge in [0.15, 0.2) is 0 Å². The van der Waals surface area contributed by atoms with Gasteiger partial charge in [0, 0.05) is 19.3 Å². The van der Waals surface area contributed by atoms with Gasteiger partial charge in [-0.2, -0.15) is 5.10 Å². The van der Waals surface area contributed by atoms with Crippen LogP contribution in [-0.4, -0.2) is 47.4 Å². The summed E-state index contributed by atoms with van der Waals surface area (Å²) in [6.45, 7) is 1.00. The number of rotatable bonds is 5. The summed E-state index contributed by atoms with van der Waals surface area (Å²) in [7, 11) is -3.68. The number of piperidine rings is 1. The fourth-order valence-corrected chi connectivity index (χ4v) is 2.99. The normalized spacial score (nSPS) is 17.5. The minimum atomic E-state index is -3.68. The maximum Gasteiger partial charge on any atom is 0.325 e. The summed E-state index contributed by atoms with van der Waals surface area (Å²) >= 11 is 0. The molecule has 106 valence electrons. The lowest BCUT2D eigenvalue weighted by molar-refractivity contribution is -0.137. The van der Waals surface area contributed by atoms with Crippen LogP contribution < -0.4 is 4.83 Å². The number of aliphatic carboxylic acids is 1. The Hall–Kier alpha value is -1.45. The van der Waals surface area contributed by atoms with Gasteiger partial charge in [-0.05, 0) is 12.8 Å². The van der Waals surface area contributed by atoms with E-state index in [-0.39, 0.29) is 11.4 Å². The van der Waals surface area contributed by atoms with Crippen LogP contribution in [0.2, 0.25) is 0 Å². The summed E-state index contributed by atoms with van der Waals surface area (Å²) < 4.78 is 25.2. The van der Waals surface area contributed by atoms with Crippen molar-refractivity contribution in [2.75, 3.05) is 13.1 Å². The van der Waals surface area contributed by atoms with Crippen LogP contribution in [0.5, 0.6) is 0 Å². The van der Waals surface area contributed by atoms with Crippen molar-refractivity contribution in [1.82, 2.24) is 19.6 Å². The maximum atomic E-state index is 12.0. The Morgan fingerprint density at radius 3 is 2.68 bits per heavy atom. The third-order valence-electron chi connectivity index (χ3n) is 2.82. The third kappa shape index (κ3) is 3.75. The lowest BCUT2D eigenvalue weighted by atomic mass is 10.2. The van der Waals surface area contributed by atoms with E-state index in [1.54, 1.807) is 5.01 Å². The minimum absolute atomic E-state index is 0.0284. The summed E-state index contributed by atoms with van der Waals surface area (Å²) in [4.78, 5) is 13.0. The molecule has 0 aliphatic carbocycles. The van der Waals surface area contributed by atoms with Crippen LogP contribution in [0.3, 0.4) is 0 Å². The van der Waals surface area contributed by atoms with E-state index in [4.69, 9.17) is 5.11 Å². The monoisotopic (exact) mass is 288 g/mol. The number of hydrazine groups is 1. The molecule has 0 bridgehead atoms. The van der Waals surface area contributed by atoms with Gasteiger partial charge in [-0.25, -0.2) is 13.4 Å². The summed E-state index contributed by atoms with van der Waals surface area (Å²) in [6, 6.07) is 0. The molecule has 0 spiro atoms. The fourth-order valence-electron chi connectivity index (χ4n) is 1.92. The molecule has 0 saturated carbocycles. The standard InChI is InChI=1S/C10H16N4O4S/c15-10(16)8-14-7-9(6-11-14)19(17,18)12-13-4-2-1-3-5-13/h6-7,12H,1-5,8H2,(H,15,16). The average molecular weight is 288 g/mol. The first-order valence-corrected chi connectivity index (χ1v) is 7.47. The van der Waals surface area contributed by atoms with Crippen LogP contribution in [0.15, 0.2) is 17.3 Å². The van der Waals surface area contributed by atoms with E-state index in [9.17, 15) is 13.2 Å². The topological polar surface area (TPSA) is 105 Å². The summed E-state index contributed by atoms with van der Waals surface area (Å²) in [5.74, 6) is -1.07. The second-order valence-electron chi connectivity index (χ2n) is 4.41. The average Bonchev–Trinajstić information content (AvgIpc) is 2.78. The lowest BCUT2D eigenvalue weighted by Gasteiger charge is -2.26. The number of nitrogens with one attached hydrogen (secondary N) is 1. The quantitative estimate of drug-likeness (QED) is 0.767. The maximum absolute atomic E-state index is 12.0. The molecule has 9 heteroatoms. The molecular weight excluding hydrogens is 272 g/mol. The van der Waals surface area contributed by atoms with Gasteiger partial charge in [0.05, 0.1) is 6.20 Å². The van der Waals surface area contributed by atoms with Gasteiger partial charge in [-0.15, -0.1) is 4.83 Å². The molecule has 2 heterocycles. The van der Waals surface area contributed by atoms with E-state index in [0.29, 0.717) is 13.1 Å². The highest BCUT2D eigenvalue weighted by Crippen LogP contribution is 2.11. The van der Waals surface area contributed by atoms with Crippen molar-refractivity contribution in [3.05, 3.63) is 12.4 Å². The van der Waals surface area contributed by atoms with Gasteiger partial charge >= 0.3 is 5.97 Å². The largest absolute Gasteiger partial charge is 0.480 e. The Balaban J connectivity index is 2.06. The molecule has 0 atom stereocenters. The van der Waals surface area contributed by atoms with E-state index in [1.807, 2.05) is 0 Å². The summed E-state index contributed by atoms with van der Waals surface area (Å²) in [6.07, 6.45) is 5.38. The molecule has 2 N–H and O–H groups in total. The Labute approximate surface area is 111 Å². The minimum Gasteiger partial charge on any atom is -0.480 e. The van der Waals surface area contributed by atoms with Crippen LogP contribution in [0.1, 0.15) is 19.3 Å². The van der Waals surface area contributed by atoms with E-state index in [0.717, 1.165) is 30.1 Å². The van der Waals surface area contributed by atoms with Gasteiger partial charge in [-0.3, -0.25) is 9.48 Å². The molecule has 19 heavy (non-hydrogen) atoms. The molecule has 0 aromatic carbocycles. The number of aromatic nitrogens is 2. The highest BCUT2D eigenvalue weighted by Gasteiger charge is 2.21. The fraction of sp³-hybridized carbons (Fsp3) is 0.600. The van der Waals surface area contributed by atoms with E-state index in [2.05, 4.69) is 9.93 Å². The lowest BCUT2D eigenvalue weighted by Crippen LogP contribution is -2.44. The molecule has 1 aromatic rings. The molecule has 1 aliphatic rings. The first-order valence-electron chi connectivity index (χ1n) is 5.99. The zero-order valence-corrected chi connectivity index (χ0v) is 11.1. The Bertz CT molecular complexity index is 548.